The molecule has 0 aliphatic rings. The Labute approximate surface area is 143 Å². The first-order valence-corrected chi connectivity index (χ1v) is 8.48. The minimum Gasteiger partial charge on any atom is -0.349 e. The van der Waals surface area contributed by atoms with Crippen LogP contribution in [0.2, 0.25) is 5.02 Å². The number of rotatable bonds is 6. The van der Waals surface area contributed by atoms with Crippen molar-refractivity contribution >= 4 is 17.5 Å². The largest absolute Gasteiger partial charge is 0.349 e. The average molecular weight is 330 g/mol. The highest BCUT2D eigenvalue weighted by Crippen LogP contribution is 2.22. The first-order chi connectivity index (χ1) is 11.0. The average Bonchev–Trinajstić information content (AvgIpc) is 2.52. The molecule has 0 spiro atoms. The van der Waals surface area contributed by atoms with Crippen molar-refractivity contribution in [2.24, 2.45) is 0 Å². The van der Waals surface area contributed by atoms with Gasteiger partial charge in [-0.05, 0) is 55.5 Å². The predicted molar refractivity (Wildman–Crippen MR) is 96.9 cm³/mol. The summed E-state index contributed by atoms with van der Waals surface area (Å²) in [7, 11) is 0. The second-order valence-corrected chi connectivity index (χ2v) is 6.45. The number of halogens is 1. The monoisotopic (exact) mass is 329 g/mol. The van der Waals surface area contributed by atoms with Crippen LogP contribution in [0.1, 0.15) is 48.1 Å². The SMILES string of the molecule is CC[C@@H](NC(=O)CCc1ccc(Cl)cc1)c1ccc(C)cc1C. The molecule has 0 unspecified atom stereocenters. The van der Waals surface area contributed by atoms with Gasteiger partial charge in [-0.15, -0.1) is 0 Å². The van der Waals surface area contributed by atoms with E-state index in [0.29, 0.717) is 6.42 Å². The van der Waals surface area contributed by atoms with Gasteiger partial charge in [-0.1, -0.05) is 54.4 Å². The number of benzene rings is 2. The lowest BCUT2D eigenvalue weighted by atomic mass is 9.97. The Balaban J connectivity index is 1.95. The van der Waals surface area contributed by atoms with Crippen LogP contribution in [0.15, 0.2) is 42.5 Å². The van der Waals surface area contributed by atoms with Gasteiger partial charge < -0.3 is 5.32 Å². The molecule has 1 atom stereocenters. The molecule has 0 saturated carbocycles. The lowest BCUT2D eigenvalue weighted by Gasteiger charge is -2.20. The Morgan fingerprint density at radius 1 is 1.13 bits per heavy atom. The number of hydrogen-bond donors (Lipinski definition) is 1. The molecular formula is C20H24ClNO. The molecule has 2 nitrogen and oxygen atoms in total. The van der Waals surface area contributed by atoms with E-state index in [4.69, 9.17) is 11.6 Å². The summed E-state index contributed by atoms with van der Waals surface area (Å²) in [6.07, 6.45) is 2.10. The van der Waals surface area contributed by atoms with Gasteiger partial charge >= 0.3 is 0 Å². The third-order valence-corrected chi connectivity index (χ3v) is 4.35. The van der Waals surface area contributed by atoms with E-state index in [1.54, 1.807) is 0 Å². The van der Waals surface area contributed by atoms with E-state index in [2.05, 4.69) is 44.3 Å². The standard InChI is InChI=1S/C20H24ClNO/c1-4-19(18-11-5-14(2)13-15(18)3)22-20(23)12-8-16-6-9-17(21)10-7-16/h5-7,9-11,13,19H,4,8,12H2,1-3H3,(H,22,23)/t19-/m1/s1. The van der Waals surface area contributed by atoms with Gasteiger partial charge in [0.25, 0.3) is 0 Å². The van der Waals surface area contributed by atoms with Crippen molar-refractivity contribution in [1.82, 2.24) is 5.32 Å². The summed E-state index contributed by atoms with van der Waals surface area (Å²) in [6.45, 7) is 6.29. The minimum atomic E-state index is 0.0771. The topological polar surface area (TPSA) is 29.1 Å². The highest BCUT2D eigenvalue weighted by molar-refractivity contribution is 6.30. The molecule has 0 aliphatic heterocycles. The van der Waals surface area contributed by atoms with Crippen LogP contribution in [0.25, 0.3) is 0 Å². The van der Waals surface area contributed by atoms with Crippen molar-refractivity contribution < 1.29 is 4.79 Å². The van der Waals surface area contributed by atoms with Gasteiger partial charge in [-0.25, -0.2) is 0 Å². The van der Waals surface area contributed by atoms with E-state index in [-0.39, 0.29) is 11.9 Å². The highest BCUT2D eigenvalue weighted by atomic mass is 35.5. The predicted octanol–water partition coefficient (Wildman–Crippen LogP) is 5.16. The minimum absolute atomic E-state index is 0.0771. The molecule has 2 aromatic rings. The third kappa shape index (κ3) is 5.11. The molecule has 0 aliphatic carbocycles. The quantitative estimate of drug-likeness (QED) is 0.779. The van der Waals surface area contributed by atoms with Crippen LogP contribution in [-0.2, 0) is 11.2 Å². The van der Waals surface area contributed by atoms with E-state index in [1.807, 2.05) is 24.3 Å². The molecular weight excluding hydrogens is 306 g/mol. The van der Waals surface area contributed by atoms with Gasteiger partial charge in [-0.3, -0.25) is 4.79 Å². The van der Waals surface area contributed by atoms with Crippen molar-refractivity contribution in [2.45, 2.75) is 46.1 Å². The fraction of sp³-hybridized carbons (Fsp3) is 0.350. The number of carbonyl (C=O) groups excluding carboxylic acids is 1. The van der Waals surface area contributed by atoms with Crippen LogP contribution in [0.3, 0.4) is 0 Å². The summed E-state index contributed by atoms with van der Waals surface area (Å²) in [5.74, 6) is 0.0896. The lowest BCUT2D eigenvalue weighted by Crippen LogP contribution is -2.28. The first-order valence-electron chi connectivity index (χ1n) is 8.10. The summed E-state index contributed by atoms with van der Waals surface area (Å²) in [4.78, 5) is 12.3. The fourth-order valence-corrected chi connectivity index (χ4v) is 2.92. The molecule has 122 valence electrons. The van der Waals surface area contributed by atoms with Crippen molar-refractivity contribution in [3.05, 3.63) is 69.7 Å². The van der Waals surface area contributed by atoms with Crippen LogP contribution < -0.4 is 5.32 Å². The van der Waals surface area contributed by atoms with Gasteiger partial charge in [0.1, 0.15) is 0 Å². The van der Waals surface area contributed by atoms with Crippen LogP contribution in [-0.4, -0.2) is 5.91 Å². The molecule has 3 heteroatoms. The molecule has 2 aromatic carbocycles. The molecule has 1 N–H and O–H groups in total. The van der Waals surface area contributed by atoms with Gasteiger partial charge in [0.15, 0.2) is 0 Å². The Morgan fingerprint density at radius 3 is 2.43 bits per heavy atom. The van der Waals surface area contributed by atoms with E-state index in [0.717, 1.165) is 23.4 Å². The van der Waals surface area contributed by atoms with E-state index in [9.17, 15) is 4.79 Å². The van der Waals surface area contributed by atoms with Crippen LogP contribution in [0, 0.1) is 13.8 Å². The van der Waals surface area contributed by atoms with Crippen LogP contribution >= 0.6 is 11.6 Å². The molecule has 1 amide bonds. The van der Waals surface area contributed by atoms with Gasteiger partial charge in [-0.2, -0.15) is 0 Å². The van der Waals surface area contributed by atoms with Crippen LogP contribution in [0.4, 0.5) is 0 Å². The second kappa shape index (κ2) is 8.16. The summed E-state index contributed by atoms with van der Waals surface area (Å²) >= 11 is 5.88. The normalized spacial score (nSPS) is 12.0. The van der Waals surface area contributed by atoms with E-state index in [1.165, 1.54) is 16.7 Å². The molecule has 23 heavy (non-hydrogen) atoms. The Bertz CT molecular complexity index is 664. The molecule has 0 heterocycles. The summed E-state index contributed by atoms with van der Waals surface area (Å²) in [6, 6.07) is 14.1. The lowest BCUT2D eigenvalue weighted by molar-refractivity contribution is -0.121. The zero-order valence-corrected chi connectivity index (χ0v) is 14.8. The van der Waals surface area contributed by atoms with Gasteiger partial charge in [0.2, 0.25) is 5.91 Å². The van der Waals surface area contributed by atoms with E-state index >= 15 is 0 Å². The summed E-state index contributed by atoms with van der Waals surface area (Å²) in [5, 5.41) is 3.88. The van der Waals surface area contributed by atoms with Crippen molar-refractivity contribution in [3.8, 4) is 0 Å². The molecule has 0 aromatic heterocycles. The third-order valence-electron chi connectivity index (χ3n) is 4.10. The van der Waals surface area contributed by atoms with E-state index < -0.39 is 0 Å². The number of hydrogen-bond acceptors (Lipinski definition) is 1. The maximum absolute atomic E-state index is 12.3. The first kappa shape index (κ1) is 17.6. The zero-order valence-electron chi connectivity index (χ0n) is 14.0. The highest BCUT2D eigenvalue weighted by Gasteiger charge is 2.14. The van der Waals surface area contributed by atoms with Crippen LogP contribution in [0.5, 0.6) is 0 Å². The van der Waals surface area contributed by atoms with Crippen molar-refractivity contribution in [2.75, 3.05) is 0 Å². The molecule has 0 bridgehead atoms. The molecule has 0 fully saturated rings. The smallest absolute Gasteiger partial charge is 0.220 e. The van der Waals surface area contributed by atoms with Crippen molar-refractivity contribution in [1.29, 1.82) is 0 Å². The zero-order chi connectivity index (χ0) is 16.8. The number of carbonyl (C=O) groups is 1. The van der Waals surface area contributed by atoms with Gasteiger partial charge in [0.05, 0.1) is 6.04 Å². The number of nitrogens with one attached hydrogen (secondary N) is 1. The Morgan fingerprint density at radius 2 is 1.83 bits per heavy atom. The fourth-order valence-electron chi connectivity index (χ4n) is 2.79. The molecule has 0 saturated heterocycles. The maximum Gasteiger partial charge on any atom is 0.220 e. The summed E-state index contributed by atoms with van der Waals surface area (Å²) in [5.41, 5.74) is 4.81. The van der Waals surface area contributed by atoms with Crippen molar-refractivity contribution in [3.63, 3.8) is 0 Å². The second-order valence-electron chi connectivity index (χ2n) is 6.01. The number of amides is 1. The van der Waals surface area contributed by atoms with Gasteiger partial charge in [0, 0.05) is 11.4 Å². The Hall–Kier alpha value is -1.80. The maximum atomic E-state index is 12.3. The molecule has 2 rings (SSSR count). The summed E-state index contributed by atoms with van der Waals surface area (Å²) < 4.78 is 0. The number of aryl methyl sites for hydroxylation is 3. The Kier molecular flexibility index (Phi) is 6.23. The molecule has 0 radical (unpaired) electrons.